The minimum atomic E-state index is -0.791. The molecule has 0 saturated carbocycles. The lowest BCUT2D eigenvalue weighted by Crippen LogP contribution is -2.49. The fourth-order valence-corrected chi connectivity index (χ4v) is 2.66. The van der Waals surface area contributed by atoms with Crippen molar-refractivity contribution in [3.05, 3.63) is 35.4 Å². The maximum absolute atomic E-state index is 12.4. The molecule has 8 nitrogen and oxygen atoms in total. The summed E-state index contributed by atoms with van der Waals surface area (Å²) in [6, 6.07) is 6.47. The number of hydrogen-bond donors (Lipinski definition) is 4. The number of benzene rings is 1. The SMILES string of the molecule is COC(=O)[C@H](CCCN=C(N)N)NC(=O)[C@@H](N)Cc1ccc(C(C)(C)C)cc1. The van der Waals surface area contributed by atoms with Gasteiger partial charge in [-0.2, -0.15) is 0 Å². The summed E-state index contributed by atoms with van der Waals surface area (Å²) in [5, 5.41) is 2.66. The van der Waals surface area contributed by atoms with E-state index in [1.165, 1.54) is 12.7 Å². The molecule has 0 saturated heterocycles. The zero-order valence-corrected chi connectivity index (χ0v) is 17.2. The van der Waals surface area contributed by atoms with E-state index < -0.39 is 24.0 Å². The lowest BCUT2D eigenvalue weighted by molar-refractivity contribution is -0.145. The zero-order chi connectivity index (χ0) is 21.3. The van der Waals surface area contributed by atoms with Crippen molar-refractivity contribution < 1.29 is 14.3 Å². The average Bonchev–Trinajstić information content (AvgIpc) is 2.62. The first-order valence-electron chi connectivity index (χ1n) is 9.33. The number of nitrogens with zero attached hydrogens (tertiary/aromatic N) is 1. The van der Waals surface area contributed by atoms with E-state index >= 15 is 0 Å². The van der Waals surface area contributed by atoms with Crippen LogP contribution in [-0.4, -0.2) is 43.6 Å². The number of rotatable bonds is 9. The Morgan fingerprint density at radius 1 is 1.18 bits per heavy atom. The van der Waals surface area contributed by atoms with Gasteiger partial charge in [-0.1, -0.05) is 45.0 Å². The molecule has 0 aliphatic carbocycles. The molecule has 0 spiro atoms. The molecule has 0 aromatic heterocycles. The van der Waals surface area contributed by atoms with E-state index in [9.17, 15) is 9.59 Å². The number of amides is 1. The highest BCUT2D eigenvalue weighted by atomic mass is 16.5. The maximum atomic E-state index is 12.4. The summed E-state index contributed by atoms with van der Waals surface area (Å²) in [6.45, 7) is 6.78. The summed E-state index contributed by atoms with van der Waals surface area (Å²) in [4.78, 5) is 28.2. The van der Waals surface area contributed by atoms with Crippen LogP contribution in [0, 0.1) is 0 Å². The Morgan fingerprint density at radius 3 is 2.29 bits per heavy atom. The molecule has 0 heterocycles. The molecule has 0 aliphatic rings. The zero-order valence-electron chi connectivity index (χ0n) is 17.2. The van der Waals surface area contributed by atoms with Gasteiger partial charge in [-0.15, -0.1) is 0 Å². The van der Waals surface area contributed by atoms with Crippen LogP contribution in [0.3, 0.4) is 0 Å². The van der Waals surface area contributed by atoms with Crippen molar-refractivity contribution in [2.24, 2.45) is 22.2 Å². The Hall–Kier alpha value is -2.61. The minimum absolute atomic E-state index is 0.0156. The molecule has 0 fully saturated rings. The molecule has 1 aromatic carbocycles. The van der Waals surface area contributed by atoms with Gasteiger partial charge in [0.15, 0.2) is 5.96 Å². The quantitative estimate of drug-likeness (QED) is 0.209. The largest absolute Gasteiger partial charge is 0.467 e. The summed E-state index contributed by atoms with van der Waals surface area (Å²) < 4.78 is 4.75. The number of nitrogens with two attached hydrogens (primary N) is 3. The summed E-state index contributed by atoms with van der Waals surface area (Å²) in [5.41, 5.74) is 18.8. The van der Waals surface area contributed by atoms with Crippen LogP contribution in [0.1, 0.15) is 44.7 Å². The highest BCUT2D eigenvalue weighted by Gasteiger charge is 2.24. The van der Waals surface area contributed by atoms with Crippen LogP contribution in [-0.2, 0) is 26.2 Å². The van der Waals surface area contributed by atoms with Crippen LogP contribution in [0.2, 0.25) is 0 Å². The van der Waals surface area contributed by atoms with E-state index in [1.807, 2.05) is 24.3 Å². The van der Waals surface area contributed by atoms with Gasteiger partial charge in [-0.3, -0.25) is 9.79 Å². The number of carbonyl (C=O) groups is 2. The summed E-state index contributed by atoms with van der Waals surface area (Å²) in [5.74, 6) is -0.949. The minimum Gasteiger partial charge on any atom is -0.467 e. The van der Waals surface area contributed by atoms with Crippen LogP contribution < -0.4 is 22.5 Å². The Bertz CT molecular complexity index is 676. The van der Waals surface area contributed by atoms with Gasteiger partial charge in [0.1, 0.15) is 6.04 Å². The molecule has 156 valence electrons. The van der Waals surface area contributed by atoms with Crippen molar-refractivity contribution >= 4 is 17.8 Å². The van der Waals surface area contributed by atoms with Gasteiger partial charge in [-0.25, -0.2) is 4.79 Å². The van der Waals surface area contributed by atoms with Gasteiger partial charge in [0.25, 0.3) is 0 Å². The monoisotopic (exact) mass is 391 g/mol. The summed E-state index contributed by atoms with van der Waals surface area (Å²) in [7, 11) is 1.27. The molecular weight excluding hydrogens is 358 g/mol. The number of nitrogens with one attached hydrogen (secondary N) is 1. The topological polar surface area (TPSA) is 146 Å². The van der Waals surface area contributed by atoms with Crippen LogP contribution in [0.15, 0.2) is 29.3 Å². The first-order chi connectivity index (χ1) is 13.0. The van der Waals surface area contributed by atoms with E-state index in [0.717, 1.165) is 5.56 Å². The molecule has 0 radical (unpaired) electrons. The molecule has 0 bridgehead atoms. The normalized spacial score (nSPS) is 13.3. The molecule has 7 N–H and O–H groups in total. The highest BCUT2D eigenvalue weighted by molar-refractivity contribution is 5.87. The third kappa shape index (κ3) is 7.96. The van der Waals surface area contributed by atoms with E-state index in [2.05, 4.69) is 31.1 Å². The van der Waals surface area contributed by atoms with Crippen LogP contribution in [0.25, 0.3) is 0 Å². The molecule has 1 rings (SSSR count). The second-order valence-electron chi connectivity index (χ2n) is 7.79. The number of esters is 1. The summed E-state index contributed by atoms with van der Waals surface area (Å²) in [6.07, 6.45) is 1.24. The molecular formula is C20H33N5O3. The lowest BCUT2D eigenvalue weighted by atomic mass is 9.86. The standard InChI is InChI=1S/C20H33N5O3/c1-20(2,3)14-9-7-13(8-10-14)12-15(21)17(26)25-16(18(27)28-4)6-5-11-24-19(22)23/h7-10,15-16H,5-6,11-12,21H2,1-4H3,(H,25,26)(H4,22,23,24)/t15-,16-/m0/s1. The van der Waals surface area contributed by atoms with E-state index in [-0.39, 0.29) is 11.4 Å². The number of aliphatic imine (C=N–C) groups is 1. The fraction of sp³-hybridized carbons (Fsp3) is 0.550. The van der Waals surface area contributed by atoms with Gasteiger partial charge in [-0.05, 0) is 35.8 Å². The van der Waals surface area contributed by atoms with E-state index in [4.69, 9.17) is 21.9 Å². The summed E-state index contributed by atoms with van der Waals surface area (Å²) >= 11 is 0. The van der Waals surface area contributed by atoms with Crippen LogP contribution >= 0.6 is 0 Å². The van der Waals surface area contributed by atoms with Gasteiger partial charge in [0.05, 0.1) is 13.2 Å². The Morgan fingerprint density at radius 2 is 1.79 bits per heavy atom. The van der Waals surface area contributed by atoms with Crippen molar-refractivity contribution in [1.29, 1.82) is 0 Å². The number of guanidine groups is 1. The van der Waals surface area contributed by atoms with Crippen LogP contribution in [0.5, 0.6) is 0 Å². The number of methoxy groups -OCH3 is 1. The van der Waals surface area contributed by atoms with Crippen molar-refractivity contribution in [3.63, 3.8) is 0 Å². The molecule has 1 aromatic rings. The number of carbonyl (C=O) groups excluding carboxylic acids is 2. The van der Waals surface area contributed by atoms with E-state index in [1.54, 1.807) is 0 Å². The molecule has 1 amide bonds. The number of ether oxygens (including phenoxy) is 1. The fourth-order valence-electron chi connectivity index (χ4n) is 2.66. The number of hydrogen-bond acceptors (Lipinski definition) is 5. The second-order valence-corrected chi connectivity index (χ2v) is 7.79. The van der Waals surface area contributed by atoms with Crippen molar-refractivity contribution in [1.82, 2.24) is 5.32 Å². The molecule has 28 heavy (non-hydrogen) atoms. The predicted octanol–water partition coefficient (Wildman–Crippen LogP) is 0.565. The maximum Gasteiger partial charge on any atom is 0.328 e. The first kappa shape index (κ1) is 23.4. The van der Waals surface area contributed by atoms with Gasteiger partial charge >= 0.3 is 5.97 Å². The van der Waals surface area contributed by atoms with E-state index in [0.29, 0.717) is 25.8 Å². The third-order valence-electron chi connectivity index (χ3n) is 4.36. The second kappa shape index (κ2) is 10.7. The first-order valence-corrected chi connectivity index (χ1v) is 9.33. The van der Waals surface area contributed by atoms with Crippen LogP contribution in [0.4, 0.5) is 0 Å². The van der Waals surface area contributed by atoms with Crippen molar-refractivity contribution in [2.75, 3.05) is 13.7 Å². The third-order valence-corrected chi connectivity index (χ3v) is 4.36. The van der Waals surface area contributed by atoms with Gasteiger partial charge < -0.3 is 27.3 Å². The Labute approximate surface area is 166 Å². The highest BCUT2D eigenvalue weighted by Crippen LogP contribution is 2.22. The van der Waals surface area contributed by atoms with Crippen molar-refractivity contribution in [3.8, 4) is 0 Å². The Kier molecular flexibility index (Phi) is 8.91. The smallest absolute Gasteiger partial charge is 0.328 e. The predicted molar refractivity (Wildman–Crippen MR) is 111 cm³/mol. The molecule has 0 unspecified atom stereocenters. The molecule has 0 aliphatic heterocycles. The average molecular weight is 392 g/mol. The molecule has 2 atom stereocenters. The van der Waals surface area contributed by atoms with Crippen molar-refractivity contribution in [2.45, 2.75) is 57.5 Å². The lowest BCUT2D eigenvalue weighted by Gasteiger charge is -2.20. The Balaban J connectivity index is 2.65. The van der Waals surface area contributed by atoms with Gasteiger partial charge in [0.2, 0.25) is 5.91 Å². The van der Waals surface area contributed by atoms with Gasteiger partial charge in [0, 0.05) is 6.54 Å². The molecule has 8 heteroatoms.